The molecule has 0 atom stereocenters. The van der Waals surface area contributed by atoms with Crippen LogP contribution in [0.25, 0.3) is 0 Å². The Kier molecular flexibility index (Phi) is 3.49. The van der Waals surface area contributed by atoms with Gasteiger partial charge in [-0.15, -0.1) is 0 Å². The van der Waals surface area contributed by atoms with E-state index >= 15 is 0 Å². The lowest BCUT2D eigenvalue weighted by Gasteiger charge is -2.07. The van der Waals surface area contributed by atoms with Gasteiger partial charge in [-0.3, -0.25) is 4.79 Å². The maximum absolute atomic E-state index is 11.7. The summed E-state index contributed by atoms with van der Waals surface area (Å²) in [6.45, 7) is 1.90. The second-order valence-corrected chi connectivity index (χ2v) is 4.20. The molecule has 0 saturated carbocycles. The Balaban J connectivity index is 2.03. The van der Waals surface area contributed by atoms with E-state index in [4.69, 9.17) is 16.0 Å². The fourth-order valence-electron chi connectivity index (χ4n) is 1.53. The zero-order valence-corrected chi connectivity index (χ0v) is 10.1. The van der Waals surface area contributed by atoms with E-state index < -0.39 is 0 Å². The van der Waals surface area contributed by atoms with E-state index in [0.29, 0.717) is 10.8 Å². The van der Waals surface area contributed by atoms with Crippen molar-refractivity contribution in [1.29, 1.82) is 0 Å². The van der Waals surface area contributed by atoms with Crippen LogP contribution in [0.5, 0.6) is 0 Å². The molecular weight excluding hydrogens is 238 g/mol. The molecule has 0 spiro atoms. The quantitative estimate of drug-likeness (QED) is 0.906. The lowest BCUT2D eigenvalue weighted by molar-refractivity contribution is -0.115. The Morgan fingerprint density at radius 2 is 2.24 bits per heavy atom. The first kappa shape index (κ1) is 11.7. The van der Waals surface area contributed by atoms with Crippen molar-refractivity contribution in [1.82, 2.24) is 0 Å². The standard InChI is InChI=1S/C13H12ClNO2/c1-9-7-10(14)4-5-12(9)15-13(16)8-11-3-2-6-17-11/h2-7H,8H2,1H3,(H,15,16). The predicted molar refractivity (Wildman–Crippen MR) is 67.2 cm³/mol. The molecule has 0 aliphatic heterocycles. The maximum atomic E-state index is 11.7. The van der Waals surface area contributed by atoms with Gasteiger partial charge in [0.05, 0.1) is 12.7 Å². The molecule has 0 aliphatic rings. The Morgan fingerprint density at radius 1 is 1.41 bits per heavy atom. The molecule has 1 aromatic heterocycles. The highest BCUT2D eigenvalue weighted by atomic mass is 35.5. The highest BCUT2D eigenvalue weighted by Crippen LogP contribution is 2.19. The molecule has 0 fully saturated rings. The van der Waals surface area contributed by atoms with Crippen molar-refractivity contribution < 1.29 is 9.21 Å². The van der Waals surface area contributed by atoms with Crippen molar-refractivity contribution >= 4 is 23.2 Å². The van der Waals surface area contributed by atoms with E-state index in [-0.39, 0.29) is 12.3 Å². The third kappa shape index (κ3) is 3.11. The number of furan rings is 1. The molecular formula is C13H12ClNO2. The van der Waals surface area contributed by atoms with Gasteiger partial charge in [0.1, 0.15) is 5.76 Å². The molecule has 3 nitrogen and oxygen atoms in total. The zero-order chi connectivity index (χ0) is 12.3. The minimum atomic E-state index is -0.106. The van der Waals surface area contributed by atoms with Gasteiger partial charge in [0, 0.05) is 10.7 Å². The van der Waals surface area contributed by atoms with Crippen molar-refractivity contribution in [3.05, 3.63) is 52.9 Å². The molecule has 17 heavy (non-hydrogen) atoms. The first-order valence-electron chi connectivity index (χ1n) is 5.23. The molecule has 88 valence electrons. The lowest BCUT2D eigenvalue weighted by atomic mass is 10.2. The fraction of sp³-hybridized carbons (Fsp3) is 0.154. The number of nitrogens with one attached hydrogen (secondary N) is 1. The molecule has 1 N–H and O–H groups in total. The SMILES string of the molecule is Cc1cc(Cl)ccc1NC(=O)Cc1ccco1. The zero-order valence-electron chi connectivity index (χ0n) is 9.37. The molecule has 1 amide bonds. The number of hydrogen-bond donors (Lipinski definition) is 1. The van der Waals surface area contributed by atoms with Crippen molar-refractivity contribution in [2.24, 2.45) is 0 Å². The van der Waals surface area contributed by atoms with Gasteiger partial charge in [0.15, 0.2) is 0 Å². The molecule has 2 rings (SSSR count). The molecule has 0 bridgehead atoms. The summed E-state index contributed by atoms with van der Waals surface area (Å²) in [5.41, 5.74) is 1.70. The van der Waals surface area contributed by atoms with E-state index in [0.717, 1.165) is 11.3 Å². The van der Waals surface area contributed by atoms with Crippen LogP contribution in [-0.4, -0.2) is 5.91 Å². The Morgan fingerprint density at radius 3 is 2.88 bits per heavy atom. The molecule has 0 radical (unpaired) electrons. The summed E-state index contributed by atoms with van der Waals surface area (Å²) < 4.78 is 5.11. The van der Waals surface area contributed by atoms with Crippen LogP contribution in [0, 0.1) is 6.92 Å². The number of carbonyl (C=O) groups excluding carboxylic acids is 1. The molecule has 2 aromatic rings. The van der Waals surface area contributed by atoms with E-state index in [1.807, 2.05) is 13.0 Å². The Labute approximate surface area is 104 Å². The molecule has 0 saturated heterocycles. The number of carbonyl (C=O) groups is 1. The van der Waals surface area contributed by atoms with Crippen LogP contribution in [0.15, 0.2) is 41.0 Å². The average Bonchev–Trinajstić information content (AvgIpc) is 2.75. The van der Waals surface area contributed by atoms with Crippen LogP contribution >= 0.6 is 11.6 Å². The smallest absolute Gasteiger partial charge is 0.232 e. The van der Waals surface area contributed by atoms with Crippen LogP contribution in [-0.2, 0) is 11.2 Å². The summed E-state index contributed by atoms with van der Waals surface area (Å²) in [5.74, 6) is 0.541. The topological polar surface area (TPSA) is 42.2 Å². The average molecular weight is 250 g/mol. The largest absolute Gasteiger partial charge is 0.469 e. The minimum Gasteiger partial charge on any atom is -0.469 e. The first-order chi connectivity index (χ1) is 8.15. The monoisotopic (exact) mass is 249 g/mol. The molecule has 0 aliphatic carbocycles. The number of hydrogen-bond acceptors (Lipinski definition) is 2. The number of rotatable bonds is 3. The Hall–Kier alpha value is -1.74. The van der Waals surface area contributed by atoms with Crippen LogP contribution in [0.3, 0.4) is 0 Å². The number of aryl methyl sites for hydroxylation is 1. The maximum Gasteiger partial charge on any atom is 0.232 e. The van der Waals surface area contributed by atoms with E-state index in [2.05, 4.69) is 5.32 Å². The third-order valence-corrected chi connectivity index (χ3v) is 2.61. The van der Waals surface area contributed by atoms with Crippen LogP contribution in [0.1, 0.15) is 11.3 Å². The predicted octanol–water partition coefficient (Wildman–Crippen LogP) is 3.42. The summed E-state index contributed by atoms with van der Waals surface area (Å²) in [4.78, 5) is 11.7. The van der Waals surface area contributed by atoms with Gasteiger partial charge in [-0.05, 0) is 42.8 Å². The molecule has 1 aromatic carbocycles. The minimum absolute atomic E-state index is 0.106. The molecule has 4 heteroatoms. The van der Waals surface area contributed by atoms with Crippen molar-refractivity contribution in [3.63, 3.8) is 0 Å². The van der Waals surface area contributed by atoms with Gasteiger partial charge >= 0.3 is 0 Å². The lowest BCUT2D eigenvalue weighted by Crippen LogP contribution is -2.14. The summed E-state index contributed by atoms with van der Waals surface area (Å²) >= 11 is 5.84. The second kappa shape index (κ2) is 5.06. The van der Waals surface area contributed by atoms with E-state index in [9.17, 15) is 4.79 Å². The summed E-state index contributed by atoms with van der Waals surface area (Å²) in [5, 5.41) is 3.48. The summed E-state index contributed by atoms with van der Waals surface area (Å²) in [6.07, 6.45) is 1.78. The number of amides is 1. The summed E-state index contributed by atoms with van der Waals surface area (Å²) in [7, 11) is 0. The van der Waals surface area contributed by atoms with Gasteiger partial charge in [-0.2, -0.15) is 0 Å². The van der Waals surface area contributed by atoms with E-state index in [1.165, 1.54) is 0 Å². The summed E-state index contributed by atoms with van der Waals surface area (Å²) in [6, 6.07) is 8.88. The number of benzene rings is 1. The number of halogens is 1. The molecule has 0 unspecified atom stereocenters. The second-order valence-electron chi connectivity index (χ2n) is 3.76. The van der Waals surface area contributed by atoms with Gasteiger partial charge in [0.2, 0.25) is 5.91 Å². The van der Waals surface area contributed by atoms with Gasteiger partial charge in [-0.25, -0.2) is 0 Å². The Bertz CT molecular complexity index is 520. The van der Waals surface area contributed by atoms with Crippen molar-refractivity contribution in [3.8, 4) is 0 Å². The third-order valence-electron chi connectivity index (χ3n) is 2.38. The van der Waals surface area contributed by atoms with Crippen LogP contribution < -0.4 is 5.32 Å². The van der Waals surface area contributed by atoms with Crippen LogP contribution in [0.2, 0.25) is 5.02 Å². The normalized spacial score (nSPS) is 10.2. The van der Waals surface area contributed by atoms with Gasteiger partial charge in [-0.1, -0.05) is 11.6 Å². The van der Waals surface area contributed by atoms with Gasteiger partial charge < -0.3 is 9.73 Å². The molecule has 1 heterocycles. The number of anilines is 1. The van der Waals surface area contributed by atoms with Gasteiger partial charge in [0.25, 0.3) is 0 Å². The van der Waals surface area contributed by atoms with Crippen molar-refractivity contribution in [2.45, 2.75) is 13.3 Å². The van der Waals surface area contributed by atoms with E-state index in [1.54, 1.807) is 30.5 Å². The first-order valence-corrected chi connectivity index (χ1v) is 5.61. The fourth-order valence-corrected chi connectivity index (χ4v) is 1.76. The van der Waals surface area contributed by atoms with Crippen LogP contribution in [0.4, 0.5) is 5.69 Å². The van der Waals surface area contributed by atoms with Crippen molar-refractivity contribution in [2.75, 3.05) is 5.32 Å². The highest BCUT2D eigenvalue weighted by molar-refractivity contribution is 6.30. The highest BCUT2D eigenvalue weighted by Gasteiger charge is 2.07.